The van der Waals surface area contributed by atoms with Gasteiger partial charge >= 0.3 is 0 Å². The predicted octanol–water partition coefficient (Wildman–Crippen LogP) is 6.14. The fraction of sp³-hybridized carbons (Fsp3) is 0.294. The molecule has 1 aliphatic heterocycles. The van der Waals surface area contributed by atoms with Crippen LogP contribution in [0.2, 0.25) is 5.02 Å². The molecule has 2 aromatic carbocycles. The molecule has 1 unspecified atom stereocenters. The van der Waals surface area contributed by atoms with Crippen molar-refractivity contribution in [3.8, 4) is 5.75 Å². The van der Waals surface area contributed by atoms with Gasteiger partial charge in [0, 0.05) is 15.9 Å². The summed E-state index contributed by atoms with van der Waals surface area (Å²) in [4.78, 5) is 0. The maximum absolute atomic E-state index is 6.62. The number of fused-ring (bicyclic) bond motifs is 1. The molecular weight excluding hydrogens is 371 g/mol. The van der Waals surface area contributed by atoms with Gasteiger partial charge in [0.1, 0.15) is 11.4 Å². The van der Waals surface area contributed by atoms with Gasteiger partial charge in [0.25, 0.3) is 0 Å². The monoisotopic (exact) mass is 384 g/mol. The highest BCUT2D eigenvalue weighted by Gasteiger charge is 2.30. The largest absolute Gasteiger partial charge is 0.487 e. The van der Waals surface area contributed by atoms with Crippen LogP contribution in [-0.2, 0) is 6.42 Å². The van der Waals surface area contributed by atoms with Crippen LogP contribution in [0.1, 0.15) is 35.9 Å². The van der Waals surface area contributed by atoms with Gasteiger partial charge in [0.15, 0.2) is 0 Å². The smallest absolute Gasteiger partial charge is 0.123 e. The van der Waals surface area contributed by atoms with Gasteiger partial charge in [0.2, 0.25) is 0 Å². The first-order valence-corrected chi connectivity index (χ1v) is 8.37. The van der Waals surface area contributed by atoms with Crippen molar-refractivity contribution in [2.24, 2.45) is 0 Å². The van der Waals surface area contributed by atoms with E-state index < -0.39 is 0 Å². The second-order valence-corrected chi connectivity index (χ2v) is 7.69. The molecule has 3 rings (SSSR count). The van der Waals surface area contributed by atoms with Crippen molar-refractivity contribution >= 4 is 39.1 Å². The van der Waals surface area contributed by atoms with Crippen LogP contribution in [0, 0.1) is 0 Å². The molecule has 21 heavy (non-hydrogen) atoms. The van der Waals surface area contributed by atoms with Crippen LogP contribution in [0.5, 0.6) is 5.75 Å². The van der Waals surface area contributed by atoms with E-state index in [-0.39, 0.29) is 11.0 Å². The Balaban J connectivity index is 1.95. The highest BCUT2D eigenvalue weighted by Crippen LogP contribution is 2.40. The molecule has 1 aliphatic rings. The summed E-state index contributed by atoms with van der Waals surface area (Å²) >= 11 is 16.3. The molecule has 110 valence electrons. The molecule has 0 N–H and O–H groups in total. The molecule has 0 bridgehead atoms. The van der Waals surface area contributed by atoms with Gasteiger partial charge in [-0.05, 0) is 48.7 Å². The number of halogens is 3. The maximum Gasteiger partial charge on any atom is 0.123 e. The van der Waals surface area contributed by atoms with E-state index in [0.29, 0.717) is 5.02 Å². The average molecular weight is 386 g/mol. The standard InChI is InChI=1S/C17H15BrCl2O/c1-17(2)9-11-7-10(3-6-15(11)21-17)16(20)13-5-4-12(18)8-14(13)19/h3-8,16H,9H2,1-2H3. The average Bonchev–Trinajstić information content (AvgIpc) is 2.70. The molecule has 0 saturated carbocycles. The molecule has 4 heteroatoms. The normalized spacial score (nSPS) is 17.2. The lowest BCUT2D eigenvalue weighted by molar-refractivity contribution is 0.138. The van der Waals surface area contributed by atoms with Crippen molar-refractivity contribution in [1.82, 2.24) is 0 Å². The Hall–Kier alpha value is -0.700. The molecule has 2 aromatic rings. The molecule has 0 aromatic heterocycles. The van der Waals surface area contributed by atoms with E-state index in [9.17, 15) is 0 Å². The lowest BCUT2D eigenvalue weighted by Gasteiger charge is -2.16. The SMILES string of the molecule is CC1(C)Cc2cc(C(Cl)c3ccc(Br)cc3Cl)ccc2O1. The van der Waals surface area contributed by atoms with E-state index in [1.807, 2.05) is 30.3 Å². The molecular formula is C17H15BrCl2O. The van der Waals surface area contributed by atoms with Crippen molar-refractivity contribution in [1.29, 1.82) is 0 Å². The zero-order valence-corrected chi connectivity index (χ0v) is 14.9. The summed E-state index contributed by atoms with van der Waals surface area (Å²) in [5.41, 5.74) is 3.02. The fourth-order valence-electron chi connectivity index (χ4n) is 2.67. The third-order valence-electron chi connectivity index (χ3n) is 3.62. The molecule has 1 heterocycles. The summed E-state index contributed by atoms with van der Waals surface area (Å²) in [5.74, 6) is 0.953. The number of hydrogen-bond donors (Lipinski definition) is 0. The van der Waals surface area contributed by atoms with Gasteiger partial charge in [-0.15, -0.1) is 11.6 Å². The van der Waals surface area contributed by atoms with E-state index in [2.05, 4.69) is 35.8 Å². The molecule has 0 saturated heterocycles. The molecule has 0 spiro atoms. The first-order valence-electron chi connectivity index (χ1n) is 6.76. The van der Waals surface area contributed by atoms with Crippen LogP contribution in [-0.4, -0.2) is 5.60 Å². The predicted molar refractivity (Wildman–Crippen MR) is 91.7 cm³/mol. The van der Waals surface area contributed by atoms with Crippen LogP contribution < -0.4 is 4.74 Å². The van der Waals surface area contributed by atoms with Gasteiger partial charge in [0.05, 0.1) is 5.38 Å². The Kier molecular flexibility index (Phi) is 3.98. The van der Waals surface area contributed by atoms with Gasteiger partial charge < -0.3 is 4.74 Å². The Morgan fingerprint density at radius 3 is 2.67 bits per heavy atom. The summed E-state index contributed by atoms with van der Waals surface area (Å²) in [7, 11) is 0. The third kappa shape index (κ3) is 3.08. The highest BCUT2D eigenvalue weighted by molar-refractivity contribution is 9.10. The first-order chi connectivity index (χ1) is 9.85. The lowest BCUT2D eigenvalue weighted by Crippen LogP contribution is -2.24. The van der Waals surface area contributed by atoms with Gasteiger partial charge in [-0.3, -0.25) is 0 Å². The second kappa shape index (κ2) is 5.49. The minimum absolute atomic E-state index is 0.141. The number of ether oxygens (including phenoxy) is 1. The van der Waals surface area contributed by atoms with Crippen molar-refractivity contribution in [2.75, 3.05) is 0 Å². The zero-order valence-electron chi connectivity index (χ0n) is 11.8. The fourth-order valence-corrected chi connectivity index (χ4v) is 3.84. The Bertz CT molecular complexity index is 697. The molecule has 0 fully saturated rings. The third-order valence-corrected chi connectivity index (χ3v) is 4.92. The molecule has 1 nitrogen and oxygen atoms in total. The van der Waals surface area contributed by atoms with Crippen molar-refractivity contribution < 1.29 is 4.74 Å². The number of rotatable bonds is 2. The summed E-state index contributed by atoms with van der Waals surface area (Å²) in [6.07, 6.45) is 0.897. The van der Waals surface area contributed by atoms with Crippen LogP contribution in [0.25, 0.3) is 0 Å². The summed E-state index contributed by atoms with van der Waals surface area (Å²) < 4.78 is 6.85. The Morgan fingerprint density at radius 2 is 1.95 bits per heavy atom. The molecule has 1 atom stereocenters. The Labute approximate surface area is 143 Å². The van der Waals surface area contributed by atoms with Crippen molar-refractivity contribution in [2.45, 2.75) is 31.2 Å². The maximum atomic E-state index is 6.62. The van der Waals surface area contributed by atoms with Gasteiger partial charge in [-0.1, -0.05) is 45.7 Å². The summed E-state index contributed by atoms with van der Waals surface area (Å²) in [5, 5.41) is 0.404. The van der Waals surface area contributed by atoms with E-state index in [1.54, 1.807) is 0 Å². The van der Waals surface area contributed by atoms with Gasteiger partial charge in [-0.2, -0.15) is 0 Å². The van der Waals surface area contributed by atoms with Crippen molar-refractivity contribution in [3.05, 3.63) is 62.6 Å². The van der Waals surface area contributed by atoms with E-state index in [1.165, 1.54) is 5.56 Å². The molecule has 0 radical (unpaired) electrons. The van der Waals surface area contributed by atoms with Crippen LogP contribution in [0.15, 0.2) is 40.9 Å². The molecule has 0 aliphatic carbocycles. The Morgan fingerprint density at radius 1 is 1.19 bits per heavy atom. The van der Waals surface area contributed by atoms with E-state index in [0.717, 1.165) is 27.8 Å². The van der Waals surface area contributed by atoms with Crippen molar-refractivity contribution in [3.63, 3.8) is 0 Å². The first kappa shape index (κ1) is 15.2. The van der Waals surface area contributed by atoms with Gasteiger partial charge in [-0.25, -0.2) is 0 Å². The quantitative estimate of drug-likeness (QED) is 0.563. The topological polar surface area (TPSA) is 9.23 Å². The lowest BCUT2D eigenvalue weighted by atomic mass is 9.97. The number of alkyl halides is 1. The van der Waals surface area contributed by atoms with Crippen LogP contribution >= 0.6 is 39.1 Å². The second-order valence-electron chi connectivity index (χ2n) is 5.93. The summed E-state index contributed by atoms with van der Waals surface area (Å²) in [6.45, 7) is 4.19. The van der Waals surface area contributed by atoms with E-state index in [4.69, 9.17) is 27.9 Å². The number of benzene rings is 2. The minimum Gasteiger partial charge on any atom is -0.487 e. The zero-order chi connectivity index (χ0) is 15.2. The van der Waals surface area contributed by atoms with Crippen LogP contribution in [0.3, 0.4) is 0 Å². The molecule has 0 amide bonds. The van der Waals surface area contributed by atoms with E-state index >= 15 is 0 Å². The minimum atomic E-state index is -0.264. The summed E-state index contributed by atoms with van der Waals surface area (Å²) in [6, 6.07) is 11.9. The van der Waals surface area contributed by atoms with Crippen LogP contribution in [0.4, 0.5) is 0 Å². The highest BCUT2D eigenvalue weighted by atomic mass is 79.9. The number of hydrogen-bond acceptors (Lipinski definition) is 1.